The van der Waals surface area contributed by atoms with Gasteiger partial charge < -0.3 is 42.6 Å². The van der Waals surface area contributed by atoms with E-state index in [0.717, 1.165) is 10.9 Å². The first-order valence-corrected chi connectivity index (χ1v) is 11.3. The number of carbonyl (C=O) groups excluding carboxylic acids is 4. The fourth-order valence-corrected chi connectivity index (χ4v) is 3.50. The molecule has 5 unspecified atom stereocenters. The zero-order valence-electron chi connectivity index (χ0n) is 20.0. The van der Waals surface area contributed by atoms with E-state index in [1.807, 2.05) is 18.2 Å². The third-order valence-corrected chi connectivity index (χ3v) is 5.50. The summed E-state index contributed by atoms with van der Waals surface area (Å²) in [7, 11) is 0. The number of amides is 4. The number of hydrogen-bond acceptors (Lipinski definition) is 7. The third kappa shape index (κ3) is 7.78. The van der Waals surface area contributed by atoms with Gasteiger partial charge in [-0.1, -0.05) is 18.2 Å². The monoisotopic (exact) mass is 504 g/mol. The van der Waals surface area contributed by atoms with Gasteiger partial charge in [-0.25, -0.2) is 4.79 Å². The second-order valence-corrected chi connectivity index (χ2v) is 8.54. The number of aliphatic hydroxyl groups is 1. The summed E-state index contributed by atoms with van der Waals surface area (Å²) in [4.78, 5) is 63.8. The topological polar surface area (TPSA) is 230 Å². The Balaban J connectivity index is 2.16. The molecule has 0 saturated carbocycles. The minimum Gasteiger partial charge on any atom is -0.480 e. The molecule has 1 aromatic heterocycles. The first-order valence-electron chi connectivity index (χ1n) is 11.3. The number of para-hydroxylation sites is 1. The molecule has 0 bridgehead atoms. The van der Waals surface area contributed by atoms with Crippen LogP contribution in [0.15, 0.2) is 30.5 Å². The third-order valence-electron chi connectivity index (χ3n) is 5.50. The Bertz CT molecular complexity index is 1110. The van der Waals surface area contributed by atoms with Gasteiger partial charge in [0.05, 0.1) is 12.1 Å². The predicted octanol–water partition coefficient (Wildman–Crippen LogP) is -1.76. The van der Waals surface area contributed by atoms with Gasteiger partial charge in [-0.3, -0.25) is 19.2 Å². The van der Waals surface area contributed by atoms with Crippen LogP contribution in [-0.2, 0) is 30.4 Å². The minimum atomic E-state index is -1.55. The molecule has 4 amide bonds. The van der Waals surface area contributed by atoms with Crippen LogP contribution in [0.2, 0.25) is 0 Å². The molecule has 0 aliphatic carbocycles. The molecule has 2 aromatic rings. The Morgan fingerprint density at radius 3 is 2.19 bits per heavy atom. The van der Waals surface area contributed by atoms with Crippen LogP contribution in [0.1, 0.15) is 32.3 Å². The molecule has 5 atom stereocenters. The van der Waals surface area contributed by atoms with Crippen molar-refractivity contribution >= 4 is 40.5 Å². The largest absolute Gasteiger partial charge is 0.480 e. The fraction of sp³-hybridized carbons (Fsp3) is 0.435. The summed E-state index contributed by atoms with van der Waals surface area (Å²) in [6, 6.07) is 2.11. The number of fused-ring (bicyclic) bond motifs is 1. The SMILES string of the molecule is CC(N)C(=O)NC(CCC(N)=O)C(=O)NC(C(=O)NC(Cc1c[nH]c2ccccc12)C(=O)O)C(C)O. The number of aromatic amines is 1. The molecule has 13 nitrogen and oxygen atoms in total. The molecule has 0 fully saturated rings. The number of aromatic nitrogens is 1. The normalized spacial score (nSPS) is 15.2. The van der Waals surface area contributed by atoms with Gasteiger partial charge in [0.25, 0.3) is 0 Å². The van der Waals surface area contributed by atoms with Gasteiger partial charge in [0.2, 0.25) is 23.6 Å². The number of nitrogens with two attached hydrogens (primary N) is 2. The number of carbonyl (C=O) groups is 5. The fourth-order valence-electron chi connectivity index (χ4n) is 3.50. The van der Waals surface area contributed by atoms with E-state index in [2.05, 4.69) is 20.9 Å². The van der Waals surface area contributed by atoms with Crippen LogP contribution < -0.4 is 27.4 Å². The van der Waals surface area contributed by atoms with E-state index in [-0.39, 0.29) is 19.3 Å². The van der Waals surface area contributed by atoms with Crippen LogP contribution in [0, 0.1) is 0 Å². The molecule has 36 heavy (non-hydrogen) atoms. The molecule has 196 valence electrons. The van der Waals surface area contributed by atoms with E-state index >= 15 is 0 Å². The molecule has 0 radical (unpaired) electrons. The zero-order chi connectivity index (χ0) is 27.0. The van der Waals surface area contributed by atoms with E-state index < -0.39 is 59.9 Å². The molecular weight excluding hydrogens is 472 g/mol. The van der Waals surface area contributed by atoms with E-state index in [9.17, 15) is 34.2 Å². The average Bonchev–Trinajstić information content (AvgIpc) is 3.21. The van der Waals surface area contributed by atoms with Gasteiger partial charge in [-0.2, -0.15) is 0 Å². The lowest BCUT2D eigenvalue weighted by Crippen LogP contribution is -2.60. The molecular formula is C23H32N6O7. The number of hydrogen-bond donors (Lipinski definition) is 8. The summed E-state index contributed by atoms with van der Waals surface area (Å²) in [5.41, 5.74) is 12.1. The van der Waals surface area contributed by atoms with E-state index in [1.54, 1.807) is 12.3 Å². The maximum Gasteiger partial charge on any atom is 0.326 e. The van der Waals surface area contributed by atoms with Crippen molar-refractivity contribution < 1.29 is 34.2 Å². The number of carboxylic acids is 1. The molecule has 0 aliphatic heterocycles. The van der Waals surface area contributed by atoms with Crippen LogP contribution in [0.25, 0.3) is 10.9 Å². The summed E-state index contributed by atoms with van der Waals surface area (Å²) in [6.07, 6.45) is -0.249. The van der Waals surface area contributed by atoms with Gasteiger partial charge in [-0.15, -0.1) is 0 Å². The minimum absolute atomic E-state index is 0.0583. The maximum atomic E-state index is 12.9. The highest BCUT2D eigenvalue weighted by atomic mass is 16.4. The number of aliphatic carboxylic acids is 1. The second kappa shape index (κ2) is 12.7. The van der Waals surface area contributed by atoms with Crippen LogP contribution in [-0.4, -0.2) is 75.1 Å². The first kappa shape index (κ1) is 28.3. The number of carboxylic acid groups (broad SMARTS) is 1. The summed E-state index contributed by atoms with van der Waals surface area (Å²) in [6.45, 7) is 2.63. The van der Waals surface area contributed by atoms with Crippen LogP contribution in [0.5, 0.6) is 0 Å². The van der Waals surface area contributed by atoms with E-state index in [4.69, 9.17) is 11.5 Å². The number of nitrogens with one attached hydrogen (secondary N) is 4. The Kier molecular flexibility index (Phi) is 9.93. The predicted molar refractivity (Wildman–Crippen MR) is 129 cm³/mol. The molecule has 2 rings (SSSR count). The highest BCUT2D eigenvalue weighted by Crippen LogP contribution is 2.19. The van der Waals surface area contributed by atoms with Crippen molar-refractivity contribution in [2.75, 3.05) is 0 Å². The van der Waals surface area contributed by atoms with Crippen molar-refractivity contribution in [2.45, 2.75) is 63.4 Å². The Morgan fingerprint density at radius 1 is 0.972 bits per heavy atom. The highest BCUT2D eigenvalue weighted by molar-refractivity contribution is 5.94. The average molecular weight is 505 g/mol. The zero-order valence-corrected chi connectivity index (χ0v) is 20.0. The Hall–Kier alpha value is -3.97. The van der Waals surface area contributed by atoms with Crippen LogP contribution in [0.3, 0.4) is 0 Å². The highest BCUT2D eigenvalue weighted by Gasteiger charge is 2.33. The molecule has 13 heteroatoms. The van der Waals surface area contributed by atoms with Gasteiger partial charge in [0.1, 0.15) is 18.1 Å². The smallest absolute Gasteiger partial charge is 0.326 e. The van der Waals surface area contributed by atoms with Crippen molar-refractivity contribution in [2.24, 2.45) is 11.5 Å². The van der Waals surface area contributed by atoms with Gasteiger partial charge in [0.15, 0.2) is 0 Å². The molecule has 1 aromatic carbocycles. The van der Waals surface area contributed by atoms with Crippen molar-refractivity contribution in [1.82, 2.24) is 20.9 Å². The number of rotatable bonds is 13. The quantitative estimate of drug-likeness (QED) is 0.155. The summed E-state index contributed by atoms with van der Waals surface area (Å²) >= 11 is 0. The van der Waals surface area contributed by atoms with Crippen molar-refractivity contribution in [1.29, 1.82) is 0 Å². The van der Waals surface area contributed by atoms with Crippen LogP contribution in [0.4, 0.5) is 0 Å². The second-order valence-electron chi connectivity index (χ2n) is 8.54. The number of H-pyrrole nitrogens is 1. The maximum absolute atomic E-state index is 12.9. The molecule has 10 N–H and O–H groups in total. The number of primary amides is 1. The molecule has 1 heterocycles. The lowest BCUT2D eigenvalue weighted by atomic mass is 10.0. The van der Waals surface area contributed by atoms with Crippen molar-refractivity contribution in [3.05, 3.63) is 36.0 Å². The number of benzene rings is 1. The Morgan fingerprint density at radius 2 is 1.61 bits per heavy atom. The molecule has 0 aliphatic rings. The first-order chi connectivity index (χ1) is 16.9. The summed E-state index contributed by atoms with van der Waals surface area (Å²) < 4.78 is 0. The number of aliphatic hydroxyl groups excluding tert-OH is 1. The van der Waals surface area contributed by atoms with E-state index in [1.165, 1.54) is 13.8 Å². The molecule has 0 spiro atoms. The van der Waals surface area contributed by atoms with Crippen molar-refractivity contribution in [3.63, 3.8) is 0 Å². The van der Waals surface area contributed by atoms with Crippen LogP contribution >= 0.6 is 0 Å². The lowest BCUT2D eigenvalue weighted by molar-refractivity contribution is -0.143. The summed E-state index contributed by atoms with van der Waals surface area (Å²) in [5.74, 6) is -4.53. The Labute approximate surface area is 207 Å². The lowest BCUT2D eigenvalue weighted by Gasteiger charge is -2.26. The van der Waals surface area contributed by atoms with E-state index in [0.29, 0.717) is 5.56 Å². The molecule has 0 saturated heterocycles. The van der Waals surface area contributed by atoms with Crippen molar-refractivity contribution in [3.8, 4) is 0 Å². The van der Waals surface area contributed by atoms with Gasteiger partial charge >= 0.3 is 5.97 Å². The summed E-state index contributed by atoms with van der Waals surface area (Å²) in [5, 5.41) is 27.6. The standard InChI is InChI=1S/C23H32N6O7/c1-11(24)20(32)27-16(7-8-18(25)31)21(33)29-19(12(2)30)22(34)28-17(23(35)36)9-13-10-26-15-6-4-3-5-14(13)15/h3-6,10-12,16-17,19,26,30H,7-9,24H2,1-2H3,(H2,25,31)(H,27,32)(H,28,34)(H,29,33)(H,35,36). The van der Waals surface area contributed by atoms with Gasteiger partial charge in [0, 0.05) is 29.9 Å². The van der Waals surface area contributed by atoms with Gasteiger partial charge in [-0.05, 0) is 31.9 Å².